The molecule has 0 aliphatic heterocycles. The van der Waals surface area contributed by atoms with E-state index in [2.05, 4.69) is 31.4 Å². The average Bonchev–Trinajstić information content (AvgIpc) is 2.98. The van der Waals surface area contributed by atoms with Crippen molar-refractivity contribution in [3.8, 4) is 0 Å². The number of hydrogen-bond donors (Lipinski definition) is 2. The van der Waals surface area contributed by atoms with E-state index in [9.17, 15) is 4.79 Å². The quantitative estimate of drug-likeness (QED) is 0.703. The fourth-order valence-corrected chi connectivity index (χ4v) is 1.20. The van der Waals surface area contributed by atoms with E-state index in [1.54, 1.807) is 0 Å². The first-order valence-corrected chi connectivity index (χ1v) is 5.98. The maximum atomic E-state index is 11.6. The second-order valence-electron chi connectivity index (χ2n) is 5.40. The lowest BCUT2D eigenvalue weighted by Crippen LogP contribution is -2.45. The number of carbonyl (C=O) groups is 1. The monoisotopic (exact) mass is 212 g/mol. The van der Waals surface area contributed by atoms with E-state index in [4.69, 9.17) is 0 Å². The third-order valence-electron chi connectivity index (χ3n) is 3.16. The van der Waals surface area contributed by atoms with Gasteiger partial charge in [-0.3, -0.25) is 4.79 Å². The lowest BCUT2D eigenvalue weighted by atomic mass is 9.90. The van der Waals surface area contributed by atoms with Crippen LogP contribution < -0.4 is 10.6 Å². The van der Waals surface area contributed by atoms with Crippen LogP contribution in [0, 0.1) is 5.41 Å². The van der Waals surface area contributed by atoms with Crippen LogP contribution in [-0.2, 0) is 4.79 Å². The normalized spacial score (nSPS) is 18.7. The molecule has 1 fully saturated rings. The van der Waals surface area contributed by atoms with Crippen LogP contribution in [0.2, 0.25) is 0 Å². The smallest absolute Gasteiger partial charge is 0.237 e. The summed E-state index contributed by atoms with van der Waals surface area (Å²) < 4.78 is 0. The lowest BCUT2D eigenvalue weighted by molar-refractivity contribution is -0.123. The molecular weight excluding hydrogens is 188 g/mol. The Bertz CT molecular complexity index is 222. The van der Waals surface area contributed by atoms with Gasteiger partial charge in [0.05, 0.1) is 6.04 Å². The SMILES string of the molecule is CCC(C)(C)CNC(C)C(=O)NC1CC1. The molecule has 88 valence electrons. The fraction of sp³-hybridized carbons (Fsp3) is 0.917. The molecule has 0 saturated heterocycles. The highest BCUT2D eigenvalue weighted by atomic mass is 16.2. The van der Waals surface area contributed by atoms with Gasteiger partial charge in [0.25, 0.3) is 0 Å². The van der Waals surface area contributed by atoms with Crippen LogP contribution in [0.5, 0.6) is 0 Å². The molecule has 1 unspecified atom stereocenters. The molecule has 1 saturated carbocycles. The van der Waals surface area contributed by atoms with Gasteiger partial charge in [-0.15, -0.1) is 0 Å². The van der Waals surface area contributed by atoms with Crippen molar-refractivity contribution in [3.05, 3.63) is 0 Å². The van der Waals surface area contributed by atoms with Crippen LogP contribution >= 0.6 is 0 Å². The minimum Gasteiger partial charge on any atom is -0.352 e. The summed E-state index contributed by atoms with van der Waals surface area (Å²) in [6.07, 6.45) is 3.43. The molecule has 0 radical (unpaired) electrons. The highest BCUT2D eigenvalue weighted by Crippen LogP contribution is 2.19. The minimum absolute atomic E-state index is 0.0728. The van der Waals surface area contributed by atoms with Gasteiger partial charge in [0, 0.05) is 12.6 Å². The standard InChI is InChI=1S/C12H24N2O/c1-5-12(3,4)8-13-9(2)11(15)14-10-6-7-10/h9-10,13H,5-8H2,1-4H3,(H,14,15). The largest absolute Gasteiger partial charge is 0.352 e. The van der Waals surface area contributed by atoms with E-state index >= 15 is 0 Å². The maximum Gasteiger partial charge on any atom is 0.237 e. The Morgan fingerprint density at radius 1 is 1.47 bits per heavy atom. The Labute approximate surface area is 93.0 Å². The van der Waals surface area contributed by atoms with E-state index in [-0.39, 0.29) is 17.4 Å². The van der Waals surface area contributed by atoms with Crippen molar-refractivity contribution in [1.82, 2.24) is 10.6 Å². The van der Waals surface area contributed by atoms with Gasteiger partial charge in [-0.1, -0.05) is 20.8 Å². The van der Waals surface area contributed by atoms with Crippen molar-refractivity contribution >= 4 is 5.91 Å². The molecule has 3 nitrogen and oxygen atoms in total. The molecule has 3 heteroatoms. The maximum absolute atomic E-state index is 11.6. The first-order valence-electron chi connectivity index (χ1n) is 5.98. The summed E-state index contributed by atoms with van der Waals surface area (Å²) >= 11 is 0. The molecule has 2 N–H and O–H groups in total. The van der Waals surface area contributed by atoms with E-state index in [0.717, 1.165) is 25.8 Å². The fourth-order valence-electron chi connectivity index (χ4n) is 1.20. The van der Waals surface area contributed by atoms with E-state index in [1.165, 1.54) is 0 Å². The average molecular weight is 212 g/mol. The lowest BCUT2D eigenvalue weighted by Gasteiger charge is -2.25. The zero-order valence-corrected chi connectivity index (χ0v) is 10.4. The Morgan fingerprint density at radius 2 is 2.07 bits per heavy atom. The van der Waals surface area contributed by atoms with Gasteiger partial charge in [0.1, 0.15) is 0 Å². The summed E-state index contributed by atoms with van der Waals surface area (Å²) in [6, 6.07) is 0.386. The molecule has 0 aromatic heterocycles. The van der Waals surface area contributed by atoms with Crippen LogP contribution in [0.1, 0.15) is 47.0 Å². The molecular formula is C12H24N2O. The van der Waals surface area contributed by atoms with Crippen molar-refractivity contribution in [1.29, 1.82) is 0 Å². The molecule has 0 bridgehead atoms. The van der Waals surface area contributed by atoms with Crippen LogP contribution in [-0.4, -0.2) is 24.5 Å². The van der Waals surface area contributed by atoms with Gasteiger partial charge in [-0.05, 0) is 31.6 Å². The highest BCUT2D eigenvalue weighted by molar-refractivity contribution is 5.81. The molecule has 1 atom stereocenters. The van der Waals surface area contributed by atoms with Crippen molar-refractivity contribution in [2.24, 2.45) is 5.41 Å². The van der Waals surface area contributed by atoms with E-state index in [0.29, 0.717) is 6.04 Å². The number of rotatable bonds is 6. The number of amides is 1. The predicted octanol–water partition coefficient (Wildman–Crippen LogP) is 1.68. The predicted molar refractivity (Wildman–Crippen MR) is 62.7 cm³/mol. The second kappa shape index (κ2) is 4.97. The van der Waals surface area contributed by atoms with Gasteiger partial charge in [0.15, 0.2) is 0 Å². The Hall–Kier alpha value is -0.570. The van der Waals surface area contributed by atoms with Gasteiger partial charge in [-0.25, -0.2) is 0 Å². The summed E-state index contributed by atoms with van der Waals surface area (Å²) in [5, 5.41) is 6.30. The van der Waals surface area contributed by atoms with Gasteiger partial charge in [-0.2, -0.15) is 0 Å². The molecule has 0 heterocycles. The van der Waals surface area contributed by atoms with Crippen LogP contribution in [0.3, 0.4) is 0 Å². The molecule has 0 aromatic rings. The summed E-state index contributed by atoms with van der Waals surface area (Å²) in [4.78, 5) is 11.6. The molecule has 1 rings (SSSR count). The van der Waals surface area contributed by atoms with E-state index in [1.807, 2.05) is 6.92 Å². The summed E-state index contributed by atoms with van der Waals surface area (Å²) in [5.74, 6) is 0.143. The van der Waals surface area contributed by atoms with Crippen molar-refractivity contribution < 1.29 is 4.79 Å². The minimum atomic E-state index is -0.0728. The molecule has 1 aliphatic carbocycles. The van der Waals surface area contributed by atoms with Crippen molar-refractivity contribution in [2.45, 2.75) is 59.0 Å². The molecule has 0 aromatic carbocycles. The van der Waals surface area contributed by atoms with Crippen molar-refractivity contribution in [2.75, 3.05) is 6.54 Å². The molecule has 0 spiro atoms. The number of carbonyl (C=O) groups excluding carboxylic acids is 1. The second-order valence-corrected chi connectivity index (χ2v) is 5.40. The summed E-state index contributed by atoms with van der Waals surface area (Å²) in [5.41, 5.74) is 0.272. The summed E-state index contributed by atoms with van der Waals surface area (Å²) in [6.45, 7) is 9.43. The first-order chi connectivity index (χ1) is 6.94. The number of hydrogen-bond acceptors (Lipinski definition) is 2. The Morgan fingerprint density at radius 3 is 2.53 bits per heavy atom. The topological polar surface area (TPSA) is 41.1 Å². The third kappa shape index (κ3) is 4.65. The van der Waals surface area contributed by atoms with Crippen molar-refractivity contribution in [3.63, 3.8) is 0 Å². The van der Waals surface area contributed by atoms with Gasteiger partial charge >= 0.3 is 0 Å². The van der Waals surface area contributed by atoms with Crippen LogP contribution in [0.15, 0.2) is 0 Å². The van der Waals surface area contributed by atoms with Gasteiger partial charge < -0.3 is 10.6 Å². The number of nitrogens with one attached hydrogen (secondary N) is 2. The highest BCUT2D eigenvalue weighted by Gasteiger charge is 2.26. The summed E-state index contributed by atoms with van der Waals surface area (Å²) in [7, 11) is 0. The van der Waals surface area contributed by atoms with E-state index < -0.39 is 0 Å². The van der Waals surface area contributed by atoms with Gasteiger partial charge in [0.2, 0.25) is 5.91 Å². The Kier molecular flexibility index (Phi) is 4.14. The molecule has 1 aliphatic rings. The van der Waals surface area contributed by atoms with Crippen LogP contribution in [0.4, 0.5) is 0 Å². The first kappa shape index (κ1) is 12.5. The molecule has 15 heavy (non-hydrogen) atoms. The Balaban J connectivity index is 2.21. The van der Waals surface area contributed by atoms with Crippen LogP contribution in [0.25, 0.3) is 0 Å². The zero-order chi connectivity index (χ0) is 11.5. The molecule has 1 amide bonds. The third-order valence-corrected chi connectivity index (χ3v) is 3.16. The zero-order valence-electron chi connectivity index (χ0n) is 10.4.